The lowest BCUT2D eigenvalue weighted by atomic mass is 10.1. The van der Waals surface area contributed by atoms with Crippen LogP contribution in [0.5, 0.6) is 0 Å². The van der Waals surface area contributed by atoms with Crippen LogP contribution in [0.1, 0.15) is 16.8 Å². The Bertz CT molecular complexity index is 810. The fourth-order valence-corrected chi connectivity index (χ4v) is 3.19. The van der Waals surface area contributed by atoms with E-state index in [1.165, 1.54) is 4.90 Å². The van der Waals surface area contributed by atoms with Gasteiger partial charge in [-0.25, -0.2) is 0 Å². The molecule has 27 heavy (non-hydrogen) atoms. The van der Waals surface area contributed by atoms with E-state index in [0.29, 0.717) is 17.7 Å². The highest BCUT2D eigenvalue weighted by molar-refractivity contribution is 5.98. The van der Waals surface area contributed by atoms with Gasteiger partial charge < -0.3 is 21.3 Å². The molecule has 0 saturated carbocycles. The highest BCUT2D eigenvalue weighted by atomic mass is 16.2. The van der Waals surface area contributed by atoms with Gasteiger partial charge in [0.15, 0.2) is 0 Å². The highest BCUT2D eigenvalue weighted by Gasteiger charge is 2.39. The molecule has 4 N–H and O–H groups in total. The number of para-hydroxylation sites is 1. The van der Waals surface area contributed by atoms with Gasteiger partial charge in [-0.05, 0) is 30.7 Å². The predicted octanol–water partition coefficient (Wildman–Crippen LogP) is 0.983. The van der Waals surface area contributed by atoms with Crippen molar-refractivity contribution in [2.24, 2.45) is 5.73 Å². The van der Waals surface area contributed by atoms with E-state index in [0.717, 1.165) is 0 Å². The summed E-state index contributed by atoms with van der Waals surface area (Å²) >= 11 is 0. The molecule has 1 saturated heterocycles. The summed E-state index contributed by atoms with van der Waals surface area (Å²) in [5.41, 5.74) is 6.68. The van der Waals surface area contributed by atoms with Crippen molar-refractivity contribution in [1.29, 1.82) is 0 Å². The molecule has 1 fully saturated rings. The van der Waals surface area contributed by atoms with Crippen molar-refractivity contribution in [3.63, 3.8) is 0 Å². The number of nitrogens with zero attached hydrogens (tertiary/aromatic N) is 1. The van der Waals surface area contributed by atoms with Crippen molar-refractivity contribution in [2.75, 3.05) is 18.4 Å². The molecule has 3 amide bonds. The van der Waals surface area contributed by atoms with Crippen LogP contribution in [0.15, 0.2) is 60.7 Å². The average molecular weight is 366 g/mol. The zero-order chi connectivity index (χ0) is 19.2. The van der Waals surface area contributed by atoms with Gasteiger partial charge in [-0.3, -0.25) is 14.4 Å². The Morgan fingerprint density at radius 3 is 2.26 bits per heavy atom. The number of anilines is 1. The second-order valence-corrected chi connectivity index (χ2v) is 6.39. The average Bonchev–Trinajstić information content (AvgIpc) is 3.12. The number of hydrogen-bond acceptors (Lipinski definition) is 4. The molecule has 2 aromatic carbocycles. The first-order valence-electron chi connectivity index (χ1n) is 8.80. The first-order chi connectivity index (χ1) is 13.1. The van der Waals surface area contributed by atoms with E-state index in [9.17, 15) is 14.4 Å². The predicted molar refractivity (Wildman–Crippen MR) is 102 cm³/mol. The molecule has 1 heterocycles. The summed E-state index contributed by atoms with van der Waals surface area (Å²) in [5, 5.41) is 5.71. The Balaban J connectivity index is 1.69. The Morgan fingerprint density at radius 1 is 1.00 bits per heavy atom. The van der Waals surface area contributed by atoms with Crippen molar-refractivity contribution < 1.29 is 14.4 Å². The molecule has 140 valence electrons. The summed E-state index contributed by atoms with van der Waals surface area (Å²) in [7, 11) is 0. The van der Waals surface area contributed by atoms with Gasteiger partial charge in [0.1, 0.15) is 6.04 Å². The van der Waals surface area contributed by atoms with E-state index in [2.05, 4.69) is 10.6 Å². The molecule has 0 spiro atoms. The zero-order valence-corrected chi connectivity index (χ0v) is 14.8. The number of hydrogen-bond donors (Lipinski definition) is 3. The van der Waals surface area contributed by atoms with Crippen molar-refractivity contribution in [1.82, 2.24) is 10.2 Å². The molecule has 0 aliphatic carbocycles. The van der Waals surface area contributed by atoms with Crippen LogP contribution in [0.2, 0.25) is 0 Å². The summed E-state index contributed by atoms with van der Waals surface area (Å²) in [6, 6.07) is 16.9. The van der Waals surface area contributed by atoms with Crippen LogP contribution in [-0.4, -0.2) is 47.8 Å². The third-order valence-electron chi connectivity index (χ3n) is 4.51. The Labute approximate surface area is 157 Å². The lowest BCUT2D eigenvalue weighted by Crippen LogP contribution is -2.46. The standard InChI is InChI=1S/C20H22N4O3/c21-12-18(25)24-13-16(23-19(26)14-7-3-1-4-8-14)11-17(24)20(27)22-15-9-5-2-6-10-15/h1-10,16-17H,11-13,21H2,(H,22,27)(H,23,26)/t16-,17+/m1/s1. The summed E-state index contributed by atoms with van der Waals surface area (Å²) in [4.78, 5) is 38.7. The fourth-order valence-electron chi connectivity index (χ4n) is 3.19. The monoisotopic (exact) mass is 366 g/mol. The second kappa shape index (κ2) is 8.46. The third kappa shape index (κ3) is 4.51. The molecule has 7 nitrogen and oxygen atoms in total. The fraction of sp³-hybridized carbons (Fsp3) is 0.250. The van der Waals surface area contributed by atoms with Crippen molar-refractivity contribution in [3.8, 4) is 0 Å². The minimum atomic E-state index is -0.678. The number of carbonyl (C=O) groups is 3. The number of nitrogens with two attached hydrogens (primary N) is 1. The van der Waals surface area contributed by atoms with E-state index in [4.69, 9.17) is 5.73 Å². The summed E-state index contributed by atoms with van der Waals surface area (Å²) < 4.78 is 0. The van der Waals surface area contributed by atoms with Crippen molar-refractivity contribution >= 4 is 23.4 Å². The van der Waals surface area contributed by atoms with Crippen LogP contribution >= 0.6 is 0 Å². The quantitative estimate of drug-likeness (QED) is 0.734. The van der Waals surface area contributed by atoms with Gasteiger partial charge >= 0.3 is 0 Å². The van der Waals surface area contributed by atoms with Gasteiger partial charge in [0, 0.05) is 23.8 Å². The molecule has 0 bridgehead atoms. The summed E-state index contributed by atoms with van der Waals surface area (Å²) in [5.74, 6) is -0.844. The summed E-state index contributed by atoms with van der Waals surface area (Å²) in [6.45, 7) is 0.0654. The SMILES string of the molecule is NCC(=O)N1C[C@H](NC(=O)c2ccccc2)C[C@H]1C(=O)Nc1ccccc1. The van der Waals surface area contributed by atoms with Crippen LogP contribution in [-0.2, 0) is 9.59 Å². The van der Waals surface area contributed by atoms with Crippen LogP contribution < -0.4 is 16.4 Å². The van der Waals surface area contributed by atoms with Gasteiger partial charge in [-0.1, -0.05) is 36.4 Å². The maximum absolute atomic E-state index is 12.7. The Hall–Kier alpha value is -3.19. The number of carbonyl (C=O) groups excluding carboxylic acids is 3. The van der Waals surface area contributed by atoms with Crippen molar-refractivity contribution in [3.05, 3.63) is 66.2 Å². The van der Waals surface area contributed by atoms with Gasteiger partial charge in [-0.15, -0.1) is 0 Å². The Kier molecular flexibility index (Phi) is 5.83. The van der Waals surface area contributed by atoms with E-state index in [1.807, 2.05) is 24.3 Å². The molecule has 2 aromatic rings. The molecular formula is C20H22N4O3. The number of likely N-dealkylation sites (tertiary alicyclic amines) is 1. The van der Waals surface area contributed by atoms with Crippen LogP contribution in [0.25, 0.3) is 0 Å². The maximum atomic E-state index is 12.7. The van der Waals surface area contributed by atoms with Crippen LogP contribution in [0.3, 0.4) is 0 Å². The zero-order valence-electron chi connectivity index (χ0n) is 14.8. The molecule has 1 aliphatic heterocycles. The molecule has 2 atom stereocenters. The Morgan fingerprint density at radius 2 is 1.63 bits per heavy atom. The van der Waals surface area contributed by atoms with Gasteiger partial charge in [-0.2, -0.15) is 0 Å². The minimum absolute atomic E-state index is 0.186. The molecule has 0 aromatic heterocycles. The van der Waals surface area contributed by atoms with E-state index < -0.39 is 6.04 Å². The minimum Gasteiger partial charge on any atom is -0.347 e. The molecule has 1 aliphatic rings. The van der Waals surface area contributed by atoms with Gasteiger partial charge in [0.05, 0.1) is 6.54 Å². The largest absolute Gasteiger partial charge is 0.347 e. The lowest BCUT2D eigenvalue weighted by Gasteiger charge is -2.23. The molecule has 0 unspecified atom stereocenters. The number of rotatable bonds is 5. The number of benzene rings is 2. The van der Waals surface area contributed by atoms with E-state index >= 15 is 0 Å². The van der Waals surface area contributed by atoms with Crippen molar-refractivity contribution in [2.45, 2.75) is 18.5 Å². The smallest absolute Gasteiger partial charge is 0.251 e. The first kappa shape index (κ1) is 18.6. The molecule has 3 rings (SSSR count). The molecule has 7 heteroatoms. The van der Waals surface area contributed by atoms with E-state index in [1.54, 1.807) is 36.4 Å². The molecular weight excluding hydrogens is 344 g/mol. The number of nitrogens with one attached hydrogen (secondary N) is 2. The first-order valence-corrected chi connectivity index (χ1v) is 8.80. The highest BCUT2D eigenvalue weighted by Crippen LogP contribution is 2.20. The lowest BCUT2D eigenvalue weighted by molar-refractivity contribution is -0.135. The van der Waals surface area contributed by atoms with Gasteiger partial charge in [0.25, 0.3) is 5.91 Å². The number of amides is 3. The van der Waals surface area contributed by atoms with Crippen LogP contribution in [0.4, 0.5) is 5.69 Å². The molecule has 0 radical (unpaired) electrons. The van der Waals surface area contributed by atoms with Crippen LogP contribution in [0, 0.1) is 0 Å². The third-order valence-corrected chi connectivity index (χ3v) is 4.51. The normalized spacial score (nSPS) is 18.8. The van der Waals surface area contributed by atoms with E-state index in [-0.39, 0.29) is 36.9 Å². The van der Waals surface area contributed by atoms with Gasteiger partial charge in [0.2, 0.25) is 11.8 Å². The topological polar surface area (TPSA) is 105 Å². The summed E-state index contributed by atoms with van der Waals surface area (Å²) in [6.07, 6.45) is 0.336. The second-order valence-electron chi connectivity index (χ2n) is 6.39. The maximum Gasteiger partial charge on any atom is 0.251 e.